The minimum Gasteiger partial charge on any atom is -0.338 e. The molecule has 0 aromatic heterocycles. The summed E-state index contributed by atoms with van der Waals surface area (Å²) in [6, 6.07) is 10.7. The van der Waals surface area contributed by atoms with Gasteiger partial charge in [-0.05, 0) is 43.6 Å². The van der Waals surface area contributed by atoms with Gasteiger partial charge in [0.25, 0.3) is 0 Å². The van der Waals surface area contributed by atoms with Crippen molar-refractivity contribution in [3.05, 3.63) is 35.9 Å². The summed E-state index contributed by atoms with van der Waals surface area (Å²) in [6.07, 6.45) is 8.40. The number of rotatable bonds is 4. The van der Waals surface area contributed by atoms with Crippen LogP contribution in [0.3, 0.4) is 0 Å². The Morgan fingerprint density at radius 2 is 1.86 bits per heavy atom. The van der Waals surface area contributed by atoms with Gasteiger partial charge in [-0.1, -0.05) is 43.2 Å². The number of amides is 1. The molecule has 0 bridgehead atoms. The maximum absolute atomic E-state index is 12.8. The Balaban J connectivity index is 1.63. The first-order valence-electron chi connectivity index (χ1n) is 8.28. The van der Waals surface area contributed by atoms with Crippen LogP contribution in [0.25, 0.3) is 0 Å². The first kappa shape index (κ1) is 15.0. The summed E-state index contributed by atoms with van der Waals surface area (Å²) in [4.78, 5) is 14.9. The van der Waals surface area contributed by atoms with Gasteiger partial charge >= 0.3 is 0 Å². The first-order chi connectivity index (χ1) is 10.3. The van der Waals surface area contributed by atoms with Gasteiger partial charge in [-0.3, -0.25) is 4.79 Å². The molecule has 1 aliphatic heterocycles. The zero-order valence-corrected chi connectivity index (χ0v) is 13.5. The van der Waals surface area contributed by atoms with Crippen LogP contribution in [-0.2, 0) is 11.2 Å². The first-order valence-corrected chi connectivity index (χ1v) is 8.80. The molecule has 1 saturated carbocycles. The third-order valence-corrected chi connectivity index (χ3v) is 5.49. The molecule has 2 nitrogen and oxygen atoms in total. The molecule has 21 heavy (non-hydrogen) atoms. The Hall–Kier alpha value is -0.960. The number of nitrogens with zero attached hydrogens (tertiary/aromatic N) is 1. The number of thiol groups is 1. The van der Waals surface area contributed by atoms with Crippen molar-refractivity contribution in [2.75, 3.05) is 6.54 Å². The molecule has 2 fully saturated rings. The molecule has 1 saturated heterocycles. The Kier molecular flexibility index (Phi) is 4.89. The SMILES string of the molecule is O=C(C(S)Cc1ccccc1)N1CCCC1C1CCCC1. The van der Waals surface area contributed by atoms with E-state index in [1.54, 1.807) is 0 Å². The van der Waals surface area contributed by atoms with Crippen molar-refractivity contribution >= 4 is 18.5 Å². The van der Waals surface area contributed by atoms with Crippen molar-refractivity contribution in [1.82, 2.24) is 4.90 Å². The fraction of sp³-hybridized carbons (Fsp3) is 0.611. The molecule has 2 unspecified atom stereocenters. The Bertz CT molecular complexity index is 469. The fourth-order valence-electron chi connectivity index (χ4n) is 4.01. The molecule has 3 rings (SSSR count). The summed E-state index contributed by atoms with van der Waals surface area (Å²) < 4.78 is 0. The van der Waals surface area contributed by atoms with Crippen molar-refractivity contribution in [2.24, 2.45) is 5.92 Å². The largest absolute Gasteiger partial charge is 0.338 e. The maximum Gasteiger partial charge on any atom is 0.236 e. The standard InChI is InChI=1S/C18H25NOS/c20-18(17(21)13-14-7-2-1-3-8-14)19-12-6-11-16(19)15-9-4-5-10-15/h1-3,7-8,15-17,21H,4-6,9-13H2. The molecule has 0 radical (unpaired) electrons. The second kappa shape index (κ2) is 6.87. The maximum atomic E-state index is 12.8. The number of carbonyl (C=O) groups excluding carboxylic acids is 1. The Morgan fingerprint density at radius 3 is 2.57 bits per heavy atom. The lowest BCUT2D eigenvalue weighted by molar-refractivity contribution is -0.132. The Morgan fingerprint density at radius 1 is 1.14 bits per heavy atom. The minimum absolute atomic E-state index is 0.200. The van der Waals surface area contributed by atoms with E-state index in [4.69, 9.17) is 0 Å². The van der Waals surface area contributed by atoms with Gasteiger partial charge in [-0.25, -0.2) is 0 Å². The molecule has 2 atom stereocenters. The number of likely N-dealkylation sites (tertiary alicyclic amines) is 1. The summed E-state index contributed by atoms with van der Waals surface area (Å²) in [5.74, 6) is 0.991. The van der Waals surface area contributed by atoms with Crippen LogP contribution in [0.15, 0.2) is 30.3 Å². The summed E-state index contributed by atoms with van der Waals surface area (Å²) in [5.41, 5.74) is 1.20. The molecule has 114 valence electrons. The van der Waals surface area contributed by atoms with Crippen LogP contribution >= 0.6 is 12.6 Å². The topological polar surface area (TPSA) is 20.3 Å². The summed E-state index contributed by atoms with van der Waals surface area (Å²) in [7, 11) is 0. The van der Waals surface area contributed by atoms with Crippen LogP contribution in [0.2, 0.25) is 0 Å². The van der Waals surface area contributed by atoms with Gasteiger partial charge in [0.05, 0.1) is 5.25 Å². The van der Waals surface area contributed by atoms with Crippen LogP contribution in [0.4, 0.5) is 0 Å². The monoisotopic (exact) mass is 303 g/mol. The second-order valence-corrected chi connectivity index (χ2v) is 7.11. The molecule has 0 N–H and O–H groups in total. The highest BCUT2D eigenvalue weighted by atomic mass is 32.1. The van der Waals surface area contributed by atoms with E-state index >= 15 is 0 Å². The van der Waals surface area contributed by atoms with Gasteiger partial charge in [0, 0.05) is 12.6 Å². The highest BCUT2D eigenvalue weighted by molar-refractivity contribution is 7.81. The third-order valence-electron chi connectivity index (χ3n) is 5.08. The van der Waals surface area contributed by atoms with Crippen molar-refractivity contribution < 1.29 is 4.79 Å². The number of hydrogen-bond donors (Lipinski definition) is 1. The van der Waals surface area contributed by atoms with Gasteiger partial charge in [-0.15, -0.1) is 0 Å². The van der Waals surface area contributed by atoms with Gasteiger partial charge < -0.3 is 4.90 Å². The van der Waals surface area contributed by atoms with E-state index in [0.29, 0.717) is 6.04 Å². The van der Waals surface area contributed by atoms with Crippen LogP contribution < -0.4 is 0 Å². The van der Waals surface area contributed by atoms with E-state index < -0.39 is 0 Å². The van der Waals surface area contributed by atoms with E-state index in [1.165, 1.54) is 44.1 Å². The van der Waals surface area contributed by atoms with E-state index in [9.17, 15) is 4.79 Å². The van der Waals surface area contributed by atoms with E-state index in [0.717, 1.165) is 18.9 Å². The molecule has 2 aliphatic rings. The van der Waals surface area contributed by atoms with Crippen molar-refractivity contribution in [3.63, 3.8) is 0 Å². The zero-order chi connectivity index (χ0) is 14.7. The average Bonchev–Trinajstić information content (AvgIpc) is 3.18. The van der Waals surface area contributed by atoms with Crippen molar-refractivity contribution in [3.8, 4) is 0 Å². The molecule has 1 aromatic rings. The molecule has 0 spiro atoms. The van der Waals surface area contributed by atoms with Crippen molar-refractivity contribution in [1.29, 1.82) is 0 Å². The van der Waals surface area contributed by atoms with Crippen LogP contribution in [0.5, 0.6) is 0 Å². The second-order valence-electron chi connectivity index (χ2n) is 6.49. The highest BCUT2D eigenvalue weighted by Crippen LogP contribution is 2.36. The molecule has 1 heterocycles. The van der Waals surface area contributed by atoms with E-state index in [1.807, 2.05) is 18.2 Å². The van der Waals surface area contributed by atoms with Gasteiger partial charge in [0.15, 0.2) is 0 Å². The molecule has 1 amide bonds. The molecule has 1 aromatic carbocycles. The van der Waals surface area contributed by atoms with Crippen molar-refractivity contribution in [2.45, 2.75) is 56.2 Å². The Labute approximate surface area is 133 Å². The molecule has 3 heteroatoms. The predicted octanol–water partition coefficient (Wildman–Crippen LogP) is 3.71. The van der Waals surface area contributed by atoms with Crippen LogP contribution in [0, 0.1) is 5.92 Å². The van der Waals surface area contributed by atoms with Crippen LogP contribution in [-0.4, -0.2) is 28.6 Å². The number of hydrogen-bond acceptors (Lipinski definition) is 2. The normalized spacial score (nSPS) is 24.4. The fourth-order valence-corrected chi connectivity index (χ4v) is 4.37. The minimum atomic E-state index is -0.200. The van der Waals surface area contributed by atoms with Crippen LogP contribution in [0.1, 0.15) is 44.1 Å². The predicted molar refractivity (Wildman–Crippen MR) is 89.6 cm³/mol. The summed E-state index contributed by atoms with van der Waals surface area (Å²) >= 11 is 4.60. The number of benzene rings is 1. The molecule has 1 aliphatic carbocycles. The molecular weight excluding hydrogens is 278 g/mol. The smallest absolute Gasteiger partial charge is 0.236 e. The van der Waals surface area contributed by atoms with Gasteiger partial charge in [0.2, 0.25) is 5.91 Å². The van der Waals surface area contributed by atoms with Gasteiger partial charge in [0.1, 0.15) is 0 Å². The summed E-state index contributed by atoms with van der Waals surface area (Å²) in [5, 5.41) is -0.200. The molecular formula is C18H25NOS. The zero-order valence-electron chi connectivity index (χ0n) is 12.6. The van der Waals surface area contributed by atoms with Gasteiger partial charge in [-0.2, -0.15) is 12.6 Å². The lowest BCUT2D eigenvalue weighted by Crippen LogP contribution is -2.43. The third kappa shape index (κ3) is 3.45. The summed E-state index contributed by atoms with van der Waals surface area (Å²) in [6.45, 7) is 0.936. The van der Waals surface area contributed by atoms with E-state index in [-0.39, 0.29) is 11.2 Å². The lowest BCUT2D eigenvalue weighted by atomic mass is 9.95. The quantitative estimate of drug-likeness (QED) is 0.841. The lowest BCUT2D eigenvalue weighted by Gasteiger charge is -2.31. The average molecular weight is 303 g/mol. The van der Waals surface area contributed by atoms with E-state index in [2.05, 4.69) is 29.7 Å². The highest BCUT2D eigenvalue weighted by Gasteiger charge is 2.37. The number of carbonyl (C=O) groups is 1.